The van der Waals surface area contributed by atoms with E-state index >= 15 is 0 Å². The van der Waals surface area contributed by atoms with Crippen molar-refractivity contribution in [2.45, 2.75) is 26.4 Å². The molecule has 0 aliphatic carbocycles. The highest BCUT2D eigenvalue weighted by atomic mass is 35.5. The van der Waals surface area contributed by atoms with Crippen molar-refractivity contribution in [3.8, 4) is 0 Å². The SMILES string of the molecule is Cc1cccc(N2CCN(C(=O)CN3CCN(Cc4ccc(Cl)cc4)C3=O)C[C@H]2C)c1. The monoisotopic (exact) mass is 440 g/mol. The van der Waals surface area contributed by atoms with Gasteiger partial charge >= 0.3 is 6.03 Å². The maximum atomic E-state index is 12.9. The Morgan fingerprint density at radius 3 is 2.48 bits per heavy atom. The van der Waals surface area contributed by atoms with Gasteiger partial charge in [0, 0.05) is 56.0 Å². The molecule has 2 aliphatic heterocycles. The smallest absolute Gasteiger partial charge is 0.320 e. The van der Waals surface area contributed by atoms with E-state index in [9.17, 15) is 9.59 Å². The Labute approximate surface area is 189 Å². The highest BCUT2D eigenvalue weighted by Gasteiger charge is 2.33. The molecule has 2 heterocycles. The zero-order chi connectivity index (χ0) is 22.0. The van der Waals surface area contributed by atoms with Crippen LogP contribution in [0, 0.1) is 6.92 Å². The molecule has 2 saturated heterocycles. The number of piperazine rings is 1. The molecule has 0 aromatic heterocycles. The Bertz CT molecular complexity index is 949. The minimum Gasteiger partial charge on any atom is -0.365 e. The first-order valence-electron chi connectivity index (χ1n) is 10.8. The fourth-order valence-corrected chi connectivity index (χ4v) is 4.50. The summed E-state index contributed by atoms with van der Waals surface area (Å²) in [5.74, 6) is 0.0254. The second-order valence-corrected chi connectivity index (χ2v) is 8.91. The molecule has 2 aliphatic rings. The van der Waals surface area contributed by atoms with Crippen molar-refractivity contribution in [3.05, 3.63) is 64.7 Å². The van der Waals surface area contributed by atoms with Gasteiger partial charge in [0.05, 0.1) is 0 Å². The van der Waals surface area contributed by atoms with Crippen LogP contribution in [-0.2, 0) is 11.3 Å². The predicted octanol–water partition coefficient (Wildman–Crippen LogP) is 3.62. The van der Waals surface area contributed by atoms with Crippen LogP contribution in [0.1, 0.15) is 18.1 Å². The van der Waals surface area contributed by atoms with E-state index in [4.69, 9.17) is 11.6 Å². The zero-order valence-corrected chi connectivity index (χ0v) is 18.9. The van der Waals surface area contributed by atoms with Gasteiger partial charge in [-0.15, -0.1) is 0 Å². The summed E-state index contributed by atoms with van der Waals surface area (Å²) < 4.78 is 0. The first-order chi connectivity index (χ1) is 14.9. The Morgan fingerprint density at radius 2 is 1.77 bits per heavy atom. The van der Waals surface area contributed by atoms with Gasteiger partial charge in [-0.1, -0.05) is 35.9 Å². The van der Waals surface area contributed by atoms with Gasteiger partial charge in [-0.3, -0.25) is 4.79 Å². The van der Waals surface area contributed by atoms with Crippen LogP contribution in [0.3, 0.4) is 0 Å². The number of urea groups is 1. The Morgan fingerprint density at radius 1 is 1.03 bits per heavy atom. The predicted molar refractivity (Wildman–Crippen MR) is 123 cm³/mol. The largest absolute Gasteiger partial charge is 0.365 e. The van der Waals surface area contributed by atoms with E-state index in [0.717, 1.165) is 12.1 Å². The molecule has 0 saturated carbocycles. The van der Waals surface area contributed by atoms with Crippen LogP contribution in [0.25, 0.3) is 0 Å². The number of aryl methyl sites for hydroxylation is 1. The zero-order valence-electron chi connectivity index (χ0n) is 18.1. The summed E-state index contributed by atoms with van der Waals surface area (Å²) in [7, 11) is 0. The van der Waals surface area contributed by atoms with E-state index in [0.29, 0.717) is 37.7 Å². The number of carbonyl (C=O) groups excluding carboxylic acids is 2. The van der Waals surface area contributed by atoms with E-state index in [1.165, 1.54) is 11.3 Å². The van der Waals surface area contributed by atoms with Gasteiger partial charge in [0.1, 0.15) is 6.54 Å². The molecule has 31 heavy (non-hydrogen) atoms. The molecule has 0 unspecified atom stereocenters. The summed E-state index contributed by atoms with van der Waals surface area (Å²) in [6.07, 6.45) is 0. The summed E-state index contributed by atoms with van der Waals surface area (Å²) in [6.45, 7) is 8.28. The number of benzene rings is 2. The number of amides is 3. The lowest BCUT2D eigenvalue weighted by molar-refractivity contribution is -0.132. The van der Waals surface area contributed by atoms with Crippen LogP contribution in [0.5, 0.6) is 0 Å². The third-order valence-corrected chi connectivity index (χ3v) is 6.36. The van der Waals surface area contributed by atoms with E-state index in [1.807, 2.05) is 29.2 Å². The van der Waals surface area contributed by atoms with Crippen molar-refractivity contribution >= 4 is 29.2 Å². The van der Waals surface area contributed by atoms with Crippen molar-refractivity contribution < 1.29 is 9.59 Å². The third-order valence-electron chi connectivity index (χ3n) is 6.11. The fourth-order valence-electron chi connectivity index (χ4n) is 4.37. The van der Waals surface area contributed by atoms with Gasteiger partial charge in [-0.25, -0.2) is 4.79 Å². The fraction of sp³-hybridized carbons (Fsp3) is 0.417. The molecule has 2 fully saturated rings. The molecule has 0 radical (unpaired) electrons. The first-order valence-corrected chi connectivity index (χ1v) is 11.2. The summed E-state index contributed by atoms with van der Waals surface area (Å²) in [4.78, 5) is 33.4. The number of rotatable bonds is 5. The van der Waals surface area contributed by atoms with E-state index in [-0.39, 0.29) is 24.5 Å². The summed E-state index contributed by atoms with van der Waals surface area (Å²) in [5, 5.41) is 0.681. The number of nitrogens with zero attached hydrogens (tertiary/aromatic N) is 4. The van der Waals surface area contributed by atoms with E-state index in [2.05, 4.69) is 43.0 Å². The number of halogens is 1. The minimum atomic E-state index is -0.0743. The summed E-state index contributed by atoms with van der Waals surface area (Å²) in [5.41, 5.74) is 3.47. The highest BCUT2D eigenvalue weighted by molar-refractivity contribution is 6.30. The normalized spacial score (nSPS) is 19.3. The first kappa shape index (κ1) is 21.5. The van der Waals surface area contributed by atoms with Gasteiger partial charge in [-0.05, 0) is 49.2 Å². The van der Waals surface area contributed by atoms with E-state index in [1.54, 1.807) is 9.80 Å². The summed E-state index contributed by atoms with van der Waals surface area (Å²) in [6, 6.07) is 16.2. The third kappa shape index (κ3) is 4.96. The molecular weight excluding hydrogens is 412 g/mol. The number of anilines is 1. The van der Waals surface area contributed by atoms with Crippen LogP contribution in [-0.4, -0.2) is 71.9 Å². The van der Waals surface area contributed by atoms with Crippen molar-refractivity contribution in [2.75, 3.05) is 44.2 Å². The lowest BCUT2D eigenvalue weighted by Gasteiger charge is -2.41. The molecule has 164 valence electrons. The Kier molecular flexibility index (Phi) is 6.37. The molecule has 0 bridgehead atoms. The summed E-state index contributed by atoms with van der Waals surface area (Å²) >= 11 is 5.94. The van der Waals surface area contributed by atoms with Crippen LogP contribution in [0.2, 0.25) is 5.02 Å². The number of hydrogen-bond donors (Lipinski definition) is 0. The van der Waals surface area contributed by atoms with Crippen molar-refractivity contribution in [1.82, 2.24) is 14.7 Å². The molecule has 4 rings (SSSR count). The van der Waals surface area contributed by atoms with E-state index < -0.39 is 0 Å². The van der Waals surface area contributed by atoms with Gasteiger partial charge in [0.2, 0.25) is 5.91 Å². The van der Waals surface area contributed by atoms with Crippen LogP contribution in [0.15, 0.2) is 48.5 Å². The lowest BCUT2D eigenvalue weighted by atomic mass is 10.1. The Hall–Kier alpha value is -2.73. The molecule has 1 atom stereocenters. The second-order valence-electron chi connectivity index (χ2n) is 8.47. The van der Waals surface area contributed by atoms with Crippen molar-refractivity contribution in [2.24, 2.45) is 0 Å². The maximum Gasteiger partial charge on any atom is 0.320 e. The van der Waals surface area contributed by atoms with Gasteiger partial charge in [-0.2, -0.15) is 0 Å². The molecule has 0 N–H and O–H groups in total. The lowest BCUT2D eigenvalue weighted by Crippen LogP contribution is -2.55. The van der Waals surface area contributed by atoms with Crippen molar-refractivity contribution in [1.29, 1.82) is 0 Å². The highest BCUT2D eigenvalue weighted by Crippen LogP contribution is 2.22. The Balaban J connectivity index is 1.30. The van der Waals surface area contributed by atoms with Gasteiger partial charge in [0.15, 0.2) is 0 Å². The van der Waals surface area contributed by atoms with Crippen LogP contribution < -0.4 is 4.90 Å². The quantitative estimate of drug-likeness (QED) is 0.713. The molecular formula is C24H29ClN4O2. The van der Waals surface area contributed by atoms with Crippen LogP contribution >= 0.6 is 11.6 Å². The second kappa shape index (κ2) is 9.18. The van der Waals surface area contributed by atoms with Crippen LogP contribution in [0.4, 0.5) is 10.5 Å². The topological polar surface area (TPSA) is 47.1 Å². The maximum absolute atomic E-state index is 12.9. The standard InChI is InChI=1S/C24H29ClN4O2/c1-18-4-3-5-22(14-18)29-13-12-26(15-19(29)2)23(30)17-28-11-10-27(24(28)31)16-20-6-8-21(25)9-7-20/h3-9,14,19H,10-13,15-17H2,1-2H3/t19-/m1/s1. The molecule has 7 heteroatoms. The average molecular weight is 441 g/mol. The van der Waals surface area contributed by atoms with Crippen molar-refractivity contribution in [3.63, 3.8) is 0 Å². The number of hydrogen-bond acceptors (Lipinski definition) is 3. The molecule has 0 spiro atoms. The molecule has 2 aromatic rings. The molecule has 6 nitrogen and oxygen atoms in total. The number of carbonyl (C=O) groups is 2. The molecule has 3 amide bonds. The molecule has 2 aromatic carbocycles. The minimum absolute atomic E-state index is 0.0254. The average Bonchev–Trinajstić information content (AvgIpc) is 3.09. The van der Waals surface area contributed by atoms with Gasteiger partial charge < -0.3 is 19.6 Å². The van der Waals surface area contributed by atoms with Gasteiger partial charge in [0.25, 0.3) is 0 Å².